The minimum Gasteiger partial charge on any atom is -0.399 e. The Bertz CT molecular complexity index is 676. The van der Waals surface area contributed by atoms with E-state index in [4.69, 9.17) is 5.73 Å². The summed E-state index contributed by atoms with van der Waals surface area (Å²) in [4.78, 5) is 16.5. The van der Waals surface area contributed by atoms with Gasteiger partial charge in [-0.25, -0.2) is 4.98 Å². The third-order valence-corrected chi connectivity index (χ3v) is 3.57. The first-order valence-electron chi connectivity index (χ1n) is 6.84. The summed E-state index contributed by atoms with van der Waals surface area (Å²) < 4.78 is 1.77. The van der Waals surface area contributed by atoms with Crippen LogP contribution in [-0.4, -0.2) is 9.55 Å². The van der Waals surface area contributed by atoms with E-state index < -0.39 is 0 Å². The zero-order valence-corrected chi connectivity index (χ0v) is 11.4. The molecule has 1 unspecified atom stereocenters. The van der Waals surface area contributed by atoms with Crippen LogP contribution in [-0.2, 0) is 0 Å². The molecule has 1 fully saturated rings. The molecule has 1 aliphatic carbocycles. The van der Waals surface area contributed by atoms with E-state index in [0.29, 0.717) is 17.5 Å². The van der Waals surface area contributed by atoms with Crippen molar-refractivity contribution in [2.24, 2.45) is 0 Å². The minimum atomic E-state index is -0.0502. The third kappa shape index (κ3) is 2.52. The topological polar surface area (TPSA) is 72.9 Å². The molecule has 0 aliphatic heterocycles. The second kappa shape index (κ2) is 5.00. The van der Waals surface area contributed by atoms with Gasteiger partial charge in [-0.05, 0) is 37.5 Å². The van der Waals surface area contributed by atoms with E-state index in [1.54, 1.807) is 17.0 Å². The molecule has 0 spiro atoms. The highest BCUT2D eigenvalue weighted by Gasteiger charge is 2.25. The third-order valence-electron chi connectivity index (χ3n) is 3.57. The van der Waals surface area contributed by atoms with Crippen LogP contribution < -0.4 is 16.6 Å². The molecule has 1 aromatic heterocycles. The second-order valence-electron chi connectivity index (χ2n) is 5.26. The Hall–Kier alpha value is -2.30. The monoisotopic (exact) mass is 270 g/mol. The van der Waals surface area contributed by atoms with Gasteiger partial charge in [0.05, 0.1) is 6.04 Å². The summed E-state index contributed by atoms with van der Waals surface area (Å²) >= 11 is 0. The van der Waals surface area contributed by atoms with Gasteiger partial charge in [0.15, 0.2) is 5.82 Å². The number of hydrogen-bond acceptors (Lipinski definition) is 4. The Labute approximate surface area is 117 Å². The summed E-state index contributed by atoms with van der Waals surface area (Å²) in [5.74, 6) is 0.398. The van der Waals surface area contributed by atoms with Crippen LogP contribution in [0.25, 0.3) is 0 Å². The number of nitrogen functional groups attached to an aromatic ring is 1. The summed E-state index contributed by atoms with van der Waals surface area (Å²) in [6.07, 6.45) is 5.59. The van der Waals surface area contributed by atoms with Crippen LogP contribution in [0.4, 0.5) is 11.5 Å². The fourth-order valence-corrected chi connectivity index (χ4v) is 2.28. The number of benzene rings is 1. The van der Waals surface area contributed by atoms with Crippen LogP contribution in [0.15, 0.2) is 41.5 Å². The molecular weight excluding hydrogens is 252 g/mol. The van der Waals surface area contributed by atoms with Gasteiger partial charge >= 0.3 is 0 Å². The lowest BCUT2D eigenvalue weighted by molar-refractivity contribution is 0.696. The first kappa shape index (κ1) is 12.7. The maximum absolute atomic E-state index is 12.3. The molecule has 3 N–H and O–H groups in total. The molecule has 3 rings (SSSR count). The molecular formula is C15H18N4O. The molecule has 1 atom stereocenters. The molecule has 0 saturated heterocycles. The average molecular weight is 270 g/mol. The summed E-state index contributed by atoms with van der Waals surface area (Å²) in [5.41, 5.74) is 7.48. The van der Waals surface area contributed by atoms with Crippen LogP contribution in [0, 0.1) is 0 Å². The molecule has 104 valence electrons. The van der Waals surface area contributed by atoms with Gasteiger partial charge in [0.25, 0.3) is 5.56 Å². The Kier molecular flexibility index (Phi) is 3.18. The number of hydrogen-bond donors (Lipinski definition) is 2. The van der Waals surface area contributed by atoms with E-state index in [2.05, 4.69) is 10.3 Å². The predicted molar refractivity (Wildman–Crippen MR) is 79.7 cm³/mol. The van der Waals surface area contributed by atoms with Gasteiger partial charge in [-0.1, -0.05) is 12.1 Å². The van der Waals surface area contributed by atoms with E-state index in [1.165, 1.54) is 0 Å². The predicted octanol–water partition coefficient (Wildman–Crippen LogP) is 2.33. The maximum atomic E-state index is 12.3. The molecule has 0 bridgehead atoms. The lowest BCUT2D eigenvalue weighted by atomic mass is 10.1. The molecule has 2 aromatic rings. The van der Waals surface area contributed by atoms with Crippen molar-refractivity contribution in [3.8, 4) is 0 Å². The average Bonchev–Trinajstić information content (AvgIpc) is 3.25. The Morgan fingerprint density at radius 2 is 2.25 bits per heavy atom. The van der Waals surface area contributed by atoms with Crippen LogP contribution in [0.1, 0.15) is 37.4 Å². The van der Waals surface area contributed by atoms with Gasteiger partial charge in [-0.2, -0.15) is 0 Å². The largest absolute Gasteiger partial charge is 0.399 e. The lowest BCUT2D eigenvalue weighted by Crippen LogP contribution is -2.24. The van der Waals surface area contributed by atoms with E-state index in [-0.39, 0.29) is 11.6 Å². The van der Waals surface area contributed by atoms with E-state index >= 15 is 0 Å². The van der Waals surface area contributed by atoms with E-state index in [0.717, 1.165) is 18.4 Å². The first-order valence-corrected chi connectivity index (χ1v) is 6.84. The van der Waals surface area contributed by atoms with Crippen LogP contribution in [0.3, 0.4) is 0 Å². The number of aromatic nitrogens is 2. The molecule has 5 nitrogen and oxygen atoms in total. The number of anilines is 2. The van der Waals surface area contributed by atoms with Crippen molar-refractivity contribution in [1.82, 2.24) is 9.55 Å². The van der Waals surface area contributed by atoms with Gasteiger partial charge in [-0.3, -0.25) is 4.79 Å². The Morgan fingerprint density at radius 3 is 2.95 bits per heavy atom. The number of nitrogens with one attached hydrogen (secondary N) is 1. The number of nitrogens with two attached hydrogens (primary N) is 1. The molecule has 1 heterocycles. The van der Waals surface area contributed by atoms with Crippen molar-refractivity contribution in [3.63, 3.8) is 0 Å². The Morgan fingerprint density at radius 1 is 1.45 bits per heavy atom. The fraction of sp³-hybridized carbons (Fsp3) is 0.333. The lowest BCUT2D eigenvalue weighted by Gasteiger charge is -2.15. The summed E-state index contributed by atoms with van der Waals surface area (Å²) in [6.45, 7) is 1.99. The van der Waals surface area contributed by atoms with Gasteiger partial charge in [0.1, 0.15) is 0 Å². The van der Waals surface area contributed by atoms with Crippen LogP contribution in [0.2, 0.25) is 0 Å². The first-order chi connectivity index (χ1) is 9.65. The SMILES string of the molecule is CC(Nc1nccn(C2CC2)c1=O)c1cccc(N)c1. The zero-order chi connectivity index (χ0) is 14.1. The van der Waals surface area contributed by atoms with E-state index in [1.807, 2.05) is 31.2 Å². The summed E-state index contributed by atoms with van der Waals surface area (Å²) in [7, 11) is 0. The standard InChI is InChI=1S/C15H18N4O/c1-10(11-3-2-4-12(16)9-11)18-14-15(20)19(8-7-17-14)13-5-6-13/h2-4,7-10,13H,5-6,16H2,1H3,(H,17,18). The summed E-state index contributed by atoms with van der Waals surface area (Å²) in [5, 5.41) is 3.18. The minimum absolute atomic E-state index is 0.0197. The molecule has 20 heavy (non-hydrogen) atoms. The number of rotatable bonds is 4. The van der Waals surface area contributed by atoms with Crippen molar-refractivity contribution >= 4 is 11.5 Å². The smallest absolute Gasteiger partial charge is 0.293 e. The normalized spacial score (nSPS) is 15.8. The highest BCUT2D eigenvalue weighted by Crippen LogP contribution is 2.33. The number of nitrogens with zero attached hydrogens (tertiary/aromatic N) is 2. The summed E-state index contributed by atoms with van der Waals surface area (Å²) in [6, 6.07) is 7.97. The zero-order valence-electron chi connectivity index (χ0n) is 11.4. The molecule has 1 aromatic carbocycles. The highest BCUT2D eigenvalue weighted by atomic mass is 16.1. The van der Waals surface area contributed by atoms with Gasteiger partial charge in [-0.15, -0.1) is 0 Å². The second-order valence-corrected chi connectivity index (χ2v) is 5.26. The van der Waals surface area contributed by atoms with Crippen molar-refractivity contribution in [3.05, 3.63) is 52.6 Å². The van der Waals surface area contributed by atoms with Crippen molar-refractivity contribution in [2.45, 2.75) is 31.8 Å². The quantitative estimate of drug-likeness (QED) is 0.836. The molecule has 0 radical (unpaired) electrons. The molecule has 5 heteroatoms. The molecule has 1 saturated carbocycles. The van der Waals surface area contributed by atoms with Crippen LogP contribution >= 0.6 is 0 Å². The van der Waals surface area contributed by atoms with Crippen molar-refractivity contribution < 1.29 is 0 Å². The van der Waals surface area contributed by atoms with Gasteiger partial charge in [0.2, 0.25) is 0 Å². The van der Waals surface area contributed by atoms with Gasteiger partial charge < -0.3 is 15.6 Å². The fourth-order valence-electron chi connectivity index (χ4n) is 2.28. The van der Waals surface area contributed by atoms with E-state index in [9.17, 15) is 4.79 Å². The van der Waals surface area contributed by atoms with Crippen molar-refractivity contribution in [1.29, 1.82) is 0 Å². The van der Waals surface area contributed by atoms with Crippen LogP contribution in [0.5, 0.6) is 0 Å². The molecule has 0 amide bonds. The van der Waals surface area contributed by atoms with Crippen molar-refractivity contribution in [2.75, 3.05) is 11.1 Å². The highest BCUT2D eigenvalue weighted by molar-refractivity contribution is 5.44. The maximum Gasteiger partial charge on any atom is 0.293 e. The van der Waals surface area contributed by atoms with Gasteiger partial charge in [0, 0.05) is 24.1 Å². The molecule has 1 aliphatic rings. The Balaban J connectivity index is 1.84.